The number of benzene rings is 2. The number of ketones is 1. The van der Waals surface area contributed by atoms with Crippen molar-refractivity contribution >= 4 is 29.3 Å². The van der Waals surface area contributed by atoms with Crippen LogP contribution in [0.3, 0.4) is 0 Å². The van der Waals surface area contributed by atoms with Gasteiger partial charge < -0.3 is 0 Å². The van der Waals surface area contributed by atoms with Gasteiger partial charge in [0.15, 0.2) is 5.78 Å². The molecule has 0 N–H and O–H groups in total. The van der Waals surface area contributed by atoms with Gasteiger partial charge >= 0.3 is 0 Å². The van der Waals surface area contributed by atoms with E-state index in [4.69, 9.17) is 0 Å². The number of thioether (sulfide) groups is 2. The first-order valence-electron chi connectivity index (χ1n) is 6.25. The van der Waals surface area contributed by atoms with E-state index in [1.807, 2.05) is 67.6 Å². The molecule has 0 amide bonds. The lowest BCUT2D eigenvalue weighted by molar-refractivity contribution is -0.116. The van der Waals surface area contributed by atoms with Gasteiger partial charge in [-0.2, -0.15) is 0 Å². The molecule has 0 heterocycles. The van der Waals surface area contributed by atoms with Crippen LogP contribution in [0.1, 0.15) is 13.3 Å². The molecule has 0 unspecified atom stereocenters. The topological polar surface area (TPSA) is 17.1 Å². The molecule has 0 fully saturated rings. The summed E-state index contributed by atoms with van der Waals surface area (Å²) in [4.78, 5) is 14.4. The Morgan fingerprint density at radius 1 is 0.895 bits per heavy atom. The van der Waals surface area contributed by atoms with E-state index < -0.39 is 0 Å². The van der Waals surface area contributed by atoms with Crippen molar-refractivity contribution in [2.75, 3.05) is 0 Å². The molecule has 0 bridgehead atoms. The molecule has 0 aliphatic carbocycles. The number of carbonyl (C=O) groups excluding carboxylic acids is 1. The minimum absolute atomic E-state index is 0.0743. The Hall–Kier alpha value is -1.19. The number of rotatable bonds is 6. The van der Waals surface area contributed by atoms with Crippen LogP contribution in [-0.4, -0.2) is 10.4 Å². The van der Waals surface area contributed by atoms with E-state index in [0.717, 1.165) is 9.79 Å². The van der Waals surface area contributed by atoms with Crippen LogP contribution in [0.4, 0.5) is 0 Å². The predicted molar refractivity (Wildman–Crippen MR) is 83.7 cm³/mol. The zero-order valence-electron chi connectivity index (χ0n) is 10.8. The Morgan fingerprint density at radius 3 is 1.68 bits per heavy atom. The second-order valence-electron chi connectivity index (χ2n) is 4.01. The maximum absolute atomic E-state index is 12.1. The third kappa shape index (κ3) is 4.44. The average Bonchev–Trinajstić information content (AvgIpc) is 2.48. The molecule has 3 heteroatoms. The van der Waals surface area contributed by atoms with Crippen LogP contribution >= 0.6 is 23.5 Å². The van der Waals surface area contributed by atoms with Gasteiger partial charge in [-0.05, 0) is 24.3 Å². The summed E-state index contributed by atoms with van der Waals surface area (Å²) in [5.74, 6) is 0.280. The summed E-state index contributed by atoms with van der Waals surface area (Å²) in [5, 5.41) is 0. The highest BCUT2D eigenvalue weighted by Crippen LogP contribution is 2.36. The van der Waals surface area contributed by atoms with Crippen molar-refractivity contribution in [2.45, 2.75) is 27.7 Å². The summed E-state index contributed by atoms with van der Waals surface area (Å²) in [6, 6.07) is 20.2. The zero-order valence-corrected chi connectivity index (χ0v) is 12.4. The Labute approximate surface area is 122 Å². The Balaban J connectivity index is 2.10. The first-order chi connectivity index (χ1) is 9.29. The predicted octanol–water partition coefficient (Wildman–Crippen LogP) is 4.88. The maximum Gasteiger partial charge on any atom is 0.156 e. The fourth-order valence-corrected chi connectivity index (χ4v) is 4.15. The van der Waals surface area contributed by atoms with Crippen molar-refractivity contribution in [3.63, 3.8) is 0 Å². The number of hydrogen-bond acceptors (Lipinski definition) is 3. The highest BCUT2D eigenvalue weighted by atomic mass is 32.2. The molecule has 0 atom stereocenters. The van der Waals surface area contributed by atoms with E-state index in [1.165, 1.54) is 0 Å². The van der Waals surface area contributed by atoms with Crippen LogP contribution in [0.2, 0.25) is 0 Å². The standard InChI is InChI=1S/C16H16OS2/c1-2-15(17)16(18-13-9-5-3-6-10-13)19-14-11-7-4-8-12-14/h3-12,16H,2H2,1H3. The van der Waals surface area contributed by atoms with Crippen LogP contribution in [0.15, 0.2) is 70.5 Å². The lowest BCUT2D eigenvalue weighted by Crippen LogP contribution is -2.11. The normalized spacial score (nSPS) is 10.6. The van der Waals surface area contributed by atoms with Crippen molar-refractivity contribution < 1.29 is 4.79 Å². The second kappa shape index (κ2) is 7.41. The van der Waals surface area contributed by atoms with E-state index in [0.29, 0.717) is 6.42 Å². The molecule has 1 nitrogen and oxygen atoms in total. The second-order valence-corrected chi connectivity index (χ2v) is 6.67. The minimum Gasteiger partial charge on any atom is -0.297 e. The number of Topliss-reactive ketones (excluding diaryl/α,β-unsaturated/α-hetero) is 1. The molecule has 0 spiro atoms. The van der Waals surface area contributed by atoms with Gasteiger partial charge in [0.1, 0.15) is 4.58 Å². The van der Waals surface area contributed by atoms with E-state index in [1.54, 1.807) is 23.5 Å². The van der Waals surface area contributed by atoms with Crippen molar-refractivity contribution in [1.29, 1.82) is 0 Å². The molecular weight excluding hydrogens is 272 g/mol. The third-order valence-corrected chi connectivity index (χ3v) is 5.20. The molecule has 0 aromatic heterocycles. The lowest BCUT2D eigenvalue weighted by atomic mass is 10.3. The lowest BCUT2D eigenvalue weighted by Gasteiger charge is -2.14. The van der Waals surface area contributed by atoms with Gasteiger partial charge in [0.2, 0.25) is 0 Å². The van der Waals surface area contributed by atoms with Gasteiger partial charge in [0.05, 0.1) is 0 Å². The molecule has 0 aliphatic heterocycles. The van der Waals surface area contributed by atoms with Crippen molar-refractivity contribution in [1.82, 2.24) is 0 Å². The number of hydrogen-bond donors (Lipinski definition) is 0. The quantitative estimate of drug-likeness (QED) is 0.557. The summed E-state index contributed by atoms with van der Waals surface area (Å²) in [5.41, 5.74) is 0. The van der Waals surface area contributed by atoms with E-state index in [9.17, 15) is 4.79 Å². The molecular formula is C16H16OS2. The molecule has 0 radical (unpaired) electrons. The SMILES string of the molecule is CCC(=O)C(Sc1ccccc1)Sc1ccccc1. The molecule has 2 aromatic carbocycles. The van der Waals surface area contributed by atoms with Crippen LogP contribution in [0, 0.1) is 0 Å². The van der Waals surface area contributed by atoms with Crippen molar-refractivity contribution in [3.8, 4) is 0 Å². The van der Waals surface area contributed by atoms with Crippen LogP contribution in [0.25, 0.3) is 0 Å². The minimum atomic E-state index is -0.0743. The molecule has 2 aromatic rings. The summed E-state index contributed by atoms with van der Waals surface area (Å²) in [6.45, 7) is 1.92. The maximum atomic E-state index is 12.1. The molecule has 19 heavy (non-hydrogen) atoms. The Morgan fingerprint density at radius 2 is 1.32 bits per heavy atom. The third-order valence-electron chi connectivity index (χ3n) is 2.58. The van der Waals surface area contributed by atoms with Gasteiger partial charge in [-0.3, -0.25) is 4.79 Å². The van der Waals surface area contributed by atoms with E-state index >= 15 is 0 Å². The largest absolute Gasteiger partial charge is 0.297 e. The summed E-state index contributed by atoms with van der Waals surface area (Å²) >= 11 is 3.26. The first kappa shape index (κ1) is 14.2. The fourth-order valence-electron chi connectivity index (χ4n) is 1.57. The smallest absolute Gasteiger partial charge is 0.156 e. The first-order valence-corrected chi connectivity index (χ1v) is 8.01. The molecule has 2 rings (SSSR count). The number of carbonyl (C=O) groups is 1. The van der Waals surface area contributed by atoms with Crippen LogP contribution in [0.5, 0.6) is 0 Å². The van der Waals surface area contributed by atoms with Gasteiger partial charge in [-0.1, -0.05) is 43.3 Å². The van der Waals surface area contributed by atoms with E-state index in [-0.39, 0.29) is 10.4 Å². The van der Waals surface area contributed by atoms with Crippen molar-refractivity contribution in [3.05, 3.63) is 60.7 Å². The molecule has 0 aliphatic rings. The van der Waals surface area contributed by atoms with Crippen molar-refractivity contribution in [2.24, 2.45) is 0 Å². The molecule has 0 saturated heterocycles. The zero-order chi connectivity index (χ0) is 13.5. The Bertz CT molecular complexity index is 469. The Kier molecular flexibility index (Phi) is 5.55. The van der Waals surface area contributed by atoms with Crippen LogP contribution in [-0.2, 0) is 4.79 Å². The fraction of sp³-hybridized carbons (Fsp3) is 0.188. The highest BCUT2D eigenvalue weighted by molar-refractivity contribution is 8.18. The summed E-state index contributed by atoms with van der Waals surface area (Å²) in [6.07, 6.45) is 0.574. The summed E-state index contributed by atoms with van der Waals surface area (Å²) in [7, 11) is 0. The molecule has 98 valence electrons. The van der Waals surface area contributed by atoms with Gasteiger partial charge in [-0.15, -0.1) is 23.5 Å². The van der Waals surface area contributed by atoms with Gasteiger partial charge in [-0.25, -0.2) is 0 Å². The average molecular weight is 288 g/mol. The van der Waals surface area contributed by atoms with E-state index in [2.05, 4.69) is 0 Å². The van der Waals surface area contributed by atoms with Gasteiger partial charge in [0, 0.05) is 16.2 Å². The highest BCUT2D eigenvalue weighted by Gasteiger charge is 2.19. The van der Waals surface area contributed by atoms with Gasteiger partial charge in [0.25, 0.3) is 0 Å². The summed E-state index contributed by atoms with van der Waals surface area (Å²) < 4.78 is -0.0743. The van der Waals surface area contributed by atoms with Crippen LogP contribution < -0.4 is 0 Å². The molecule has 0 saturated carbocycles. The monoisotopic (exact) mass is 288 g/mol.